The molecule has 0 atom stereocenters. The zero-order valence-electron chi connectivity index (χ0n) is 5.90. The van der Waals surface area contributed by atoms with E-state index in [0.29, 0.717) is 0 Å². The second-order valence-corrected chi connectivity index (χ2v) is 2.11. The summed E-state index contributed by atoms with van der Waals surface area (Å²) < 4.78 is 11.9. The van der Waals surface area contributed by atoms with E-state index in [-0.39, 0.29) is 23.7 Å². The summed E-state index contributed by atoms with van der Waals surface area (Å²) in [6.45, 7) is 0.113. The van der Waals surface area contributed by atoms with Crippen LogP contribution < -0.4 is 0 Å². The molecule has 1 aromatic rings. The molecule has 0 aliphatic heterocycles. The van der Waals surface area contributed by atoms with E-state index in [1.165, 1.54) is 0 Å². The molecule has 0 fully saturated rings. The molecule has 0 saturated heterocycles. The molecule has 0 unspecified atom stereocenters. The van der Waals surface area contributed by atoms with E-state index in [0.717, 1.165) is 18.2 Å². The summed E-state index contributed by atoms with van der Waals surface area (Å²) in [5.41, 5.74) is -0.444. The van der Waals surface area contributed by atoms with Gasteiger partial charge in [-0.3, -0.25) is 10.1 Å². The van der Waals surface area contributed by atoms with Crippen LogP contribution in [0.4, 0.5) is 10.1 Å². The van der Waals surface area contributed by atoms with E-state index in [9.17, 15) is 14.5 Å². The molecule has 1 rings (SSSR count). The molecule has 0 aliphatic carbocycles. The standard InChI is InChI=1S/C7H5FNO3/c8-4-5-3-6(9(11)12)1-2-7(5)10/h1-4,10H. The van der Waals surface area contributed by atoms with Gasteiger partial charge in [0.15, 0.2) is 6.67 Å². The Balaban J connectivity index is 3.13. The van der Waals surface area contributed by atoms with Crippen LogP contribution in [0.1, 0.15) is 5.56 Å². The van der Waals surface area contributed by atoms with Crippen molar-refractivity contribution in [2.24, 2.45) is 0 Å². The van der Waals surface area contributed by atoms with Crippen molar-refractivity contribution in [2.75, 3.05) is 0 Å². The number of aromatic hydroxyl groups is 1. The van der Waals surface area contributed by atoms with Gasteiger partial charge in [0.1, 0.15) is 5.75 Å². The zero-order valence-corrected chi connectivity index (χ0v) is 5.90. The molecular weight excluding hydrogens is 165 g/mol. The molecule has 1 N–H and O–H groups in total. The van der Waals surface area contributed by atoms with Gasteiger partial charge in [0, 0.05) is 17.7 Å². The molecule has 0 bridgehead atoms. The zero-order chi connectivity index (χ0) is 9.14. The Hall–Kier alpha value is -1.65. The monoisotopic (exact) mass is 170 g/mol. The third-order valence-corrected chi connectivity index (χ3v) is 1.34. The van der Waals surface area contributed by atoms with Gasteiger partial charge in [-0.15, -0.1) is 0 Å². The Morgan fingerprint density at radius 1 is 1.58 bits per heavy atom. The van der Waals surface area contributed by atoms with Crippen molar-refractivity contribution < 1.29 is 14.4 Å². The van der Waals surface area contributed by atoms with Gasteiger partial charge in [-0.1, -0.05) is 0 Å². The number of nitro benzene ring substituents is 1. The lowest BCUT2D eigenvalue weighted by molar-refractivity contribution is -0.384. The van der Waals surface area contributed by atoms with E-state index in [4.69, 9.17) is 5.11 Å². The lowest BCUT2D eigenvalue weighted by atomic mass is 10.2. The maximum atomic E-state index is 11.9. The smallest absolute Gasteiger partial charge is 0.270 e. The second kappa shape index (κ2) is 3.17. The Kier molecular flexibility index (Phi) is 2.23. The van der Waals surface area contributed by atoms with Gasteiger partial charge in [0.25, 0.3) is 5.69 Å². The van der Waals surface area contributed by atoms with Crippen molar-refractivity contribution in [2.45, 2.75) is 0 Å². The summed E-state index contributed by atoms with van der Waals surface area (Å²) in [4.78, 5) is 9.51. The molecule has 1 aromatic carbocycles. The maximum absolute atomic E-state index is 11.9. The van der Waals surface area contributed by atoms with E-state index in [1.807, 2.05) is 0 Å². The van der Waals surface area contributed by atoms with Gasteiger partial charge in [0.05, 0.1) is 4.92 Å². The van der Waals surface area contributed by atoms with Gasteiger partial charge in [-0.2, -0.15) is 0 Å². The van der Waals surface area contributed by atoms with Crippen LogP contribution in [0.15, 0.2) is 18.2 Å². The molecule has 0 amide bonds. The molecule has 63 valence electrons. The topological polar surface area (TPSA) is 63.4 Å². The fourth-order valence-corrected chi connectivity index (χ4v) is 0.743. The summed E-state index contributed by atoms with van der Waals surface area (Å²) in [7, 11) is 0. The van der Waals surface area contributed by atoms with Crippen LogP contribution in [-0.4, -0.2) is 10.0 Å². The fraction of sp³-hybridized carbons (Fsp3) is 0. The minimum absolute atomic E-state index is 0.113. The summed E-state index contributed by atoms with van der Waals surface area (Å²) in [6.07, 6.45) is 0. The lowest BCUT2D eigenvalue weighted by Crippen LogP contribution is -1.88. The third-order valence-electron chi connectivity index (χ3n) is 1.34. The molecule has 0 saturated carbocycles. The molecule has 5 heteroatoms. The number of hydrogen-bond donors (Lipinski definition) is 1. The first kappa shape index (κ1) is 8.45. The first-order chi connectivity index (χ1) is 5.65. The van der Waals surface area contributed by atoms with Gasteiger partial charge >= 0.3 is 0 Å². The minimum atomic E-state index is -0.660. The number of halogens is 1. The molecule has 0 aromatic heterocycles. The fourth-order valence-electron chi connectivity index (χ4n) is 0.743. The van der Waals surface area contributed by atoms with Crippen molar-refractivity contribution >= 4 is 5.69 Å². The molecule has 0 spiro atoms. The summed E-state index contributed by atoms with van der Waals surface area (Å²) in [5, 5.41) is 19.1. The number of phenols is 1. The van der Waals surface area contributed by atoms with Crippen LogP contribution >= 0.6 is 0 Å². The number of rotatable bonds is 2. The number of nitro groups is 1. The van der Waals surface area contributed by atoms with E-state index in [2.05, 4.69) is 0 Å². The lowest BCUT2D eigenvalue weighted by Gasteiger charge is -1.97. The average molecular weight is 170 g/mol. The number of benzene rings is 1. The van der Waals surface area contributed by atoms with Gasteiger partial charge in [-0.25, -0.2) is 4.39 Å². The normalized spacial score (nSPS) is 9.75. The predicted molar refractivity (Wildman–Crippen MR) is 39.3 cm³/mol. The van der Waals surface area contributed by atoms with Crippen LogP contribution in [0.3, 0.4) is 0 Å². The van der Waals surface area contributed by atoms with E-state index in [1.54, 1.807) is 0 Å². The molecular formula is C7H5FNO3. The highest BCUT2D eigenvalue weighted by Gasteiger charge is 2.09. The highest BCUT2D eigenvalue weighted by molar-refractivity contribution is 5.45. The third kappa shape index (κ3) is 1.50. The van der Waals surface area contributed by atoms with Crippen LogP contribution in [0.5, 0.6) is 5.75 Å². The highest BCUT2D eigenvalue weighted by atomic mass is 19.1. The number of non-ortho nitro benzene ring substituents is 1. The Labute approximate surface area is 67.4 Å². The van der Waals surface area contributed by atoms with Crippen molar-refractivity contribution in [1.29, 1.82) is 0 Å². The first-order valence-electron chi connectivity index (χ1n) is 3.06. The van der Waals surface area contributed by atoms with Crippen molar-refractivity contribution in [3.8, 4) is 5.75 Å². The highest BCUT2D eigenvalue weighted by Crippen LogP contribution is 2.24. The van der Waals surface area contributed by atoms with Crippen molar-refractivity contribution in [3.05, 3.63) is 40.6 Å². The van der Waals surface area contributed by atoms with Crippen LogP contribution in [0.25, 0.3) is 0 Å². The quantitative estimate of drug-likeness (QED) is 0.543. The first-order valence-corrected chi connectivity index (χ1v) is 3.06. The molecule has 0 aliphatic rings. The molecule has 4 nitrogen and oxygen atoms in total. The summed E-state index contributed by atoms with van der Waals surface area (Å²) >= 11 is 0. The maximum Gasteiger partial charge on any atom is 0.270 e. The van der Waals surface area contributed by atoms with Crippen LogP contribution in [0, 0.1) is 16.8 Å². The van der Waals surface area contributed by atoms with Gasteiger partial charge in [-0.05, 0) is 6.07 Å². The van der Waals surface area contributed by atoms with Crippen molar-refractivity contribution in [3.63, 3.8) is 0 Å². The van der Waals surface area contributed by atoms with E-state index >= 15 is 0 Å². The SMILES string of the molecule is O=[N+]([O-])c1ccc(O)c([CH]F)c1. The largest absolute Gasteiger partial charge is 0.508 e. The molecule has 0 heterocycles. The number of phenolic OH excluding ortho intramolecular Hbond substituents is 1. The van der Waals surface area contributed by atoms with Crippen molar-refractivity contribution in [1.82, 2.24) is 0 Å². The Morgan fingerprint density at radius 3 is 2.75 bits per heavy atom. The minimum Gasteiger partial charge on any atom is -0.508 e. The van der Waals surface area contributed by atoms with Gasteiger partial charge < -0.3 is 5.11 Å². The number of hydrogen-bond acceptors (Lipinski definition) is 3. The number of nitrogens with zero attached hydrogens (tertiary/aromatic N) is 1. The summed E-state index contributed by atoms with van der Waals surface area (Å²) in [5.74, 6) is -0.317. The summed E-state index contributed by atoms with van der Waals surface area (Å²) in [6, 6.07) is 3.13. The van der Waals surface area contributed by atoms with Gasteiger partial charge in [0.2, 0.25) is 0 Å². The molecule has 1 radical (unpaired) electrons. The Morgan fingerprint density at radius 2 is 2.25 bits per heavy atom. The predicted octanol–water partition coefficient (Wildman–Crippen LogP) is 1.78. The molecule has 12 heavy (non-hydrogen) atoms. The Bertz CT molecular complexity index is 314. The van der Waals surface area contributed by atoms with E-state index < -0.39 is 4.92 Å². The average Bonchev–Trinajstić information content (AvgIpc) is 2.05. The van der Waals surface area contributed by atoms with Crippen LogP contribution in [-0.2, 0) is 0 Å². The second-order valence-electron chi connectivity index (χ2n) is 2.11. The van der Waals surface area contributed by atoms with Crippen LogP contribution in [0.2, 0.25) is 0 Å².